The average Bonchev–Trinajstić information content (AvgIpc) is 2.36. The van der Waals surface area contributed by atoms with Gasteiger partial charge in [-0.1, -0.05) is 0 Å². The molecule has 0 atom stereocenters. The third kappa shape index (κ3) is 1.14. The Morgan fingerprint density at radius 2 is 2.18 bits per heavy atom. The molecule has 0 saturated heterocycles. The normalized spacial score (nSPS) is 10.6. The van der Waals surface area contributed by atoms with E-state index in [1.165, 1.54) is 4.70 Å². The number of hydrogen-bond acceptors (Lipinski definition) is 2. The molecule has 2 aromatic rings. The molecule has 0 unspecified atom stereocenters. The molecule has 0 saturated carbocycles. The summed E-state index contributed by atoms with van der Waals surface area (Å²) in [6.45, 7) is 0. The minimum absolute atomic E-state index is 0.302. The molecule has 0 radical (unpaired) electrons. The zero-order valence-electron chi connectivity index (χ0n) is 5.54. The Hall–Kier alpha value is -0.540. The van der Waals surface area contributed by atoms with Crippen molar-refractivity contribution in [3.05, 3.63) is 28.1 Å². The minimum atomic E-state index is 0.302. The van der Waals surface area contributed by atoms with Crippen LogP contribution in [0.5, 0.6) is 5.75 Å². The van der Waals surface area contributed by atoms with E-state index in [4.69, 9.17) is 0 Å². The molecular weight excluding hydrogens is 224 g/mol. The number of halogens is 1. The van der Waals surface area contributed by atoms with Gasteiger partial charge in [-0.2, -0.15) is 0 Å². The molecular formula is C8H5BrOS. The predicted molar refractivity (Wildman–Crippen MR) is 51.2 cm³/mol. The third-order valence-corrected chi connectivity index (χ3v) is 3.04. The van der Waals surface area contributed by atoms with Gasteiger partial charge in [0.05, 0.1) is 4.47 Å². The molecule has 1 nitrogen and oxygen atoms in total. The lowest BCUT2D eigenvalue weighted by Gasteiger charge is -1.95. The number of phenols is 1. The summed E-state index contributed by atoms with van der Waals surface area (Å²) in [5.41, 5.74) is 0. The summed E-state index contributed by atoms with van der Waals surface area (Å²) in [7, 11) is 0. The maximum absolute atomic E-state index is 9.29. The van der Waals surface area contributed by atoms with Crippen molar-refractivity contribution in [1.29, 1.82) is 0 Å². The summed E-state index contributed by atoms with van der Waals surface area (Å²) in [4.78, 5) is 0. The second-order valence-corrected chi connectivity index (χ2v) is 4.06. The third-order valence-electron chi connectivity index (χ3n) is 1.52. The number of aromatic hydroxyl groups is 1. The van der Waals surface area contributed by atoms with E-state index >= 15 is 0 Å². The van der Waals surface area contributed by atoms with Gasteiger partial charge in [0, 0.05) is 4.70 Å². The van der Waals surface area contributed by atoms with Crippen LogP contribution < -0.4 is 0 Å². The molecule has 0 aliphatic carbocycles. The van der Waals surface area contributed by atoms with Crippen LogP contribution in [0.1, 0.15) is 0 Å². The van der Waals surface area contributed by atoms with Crippen molar-refractivity contribution in [2.24, 2.45) is 0 Å². The van der Waals surface area contributed by atoms with Crippen LogP contribution in [-0.2, 0) is 0 Å². The number of benzene rings is 1. The Kier molecular flexibility index (Phi) is 1.62. The van der Waals surface area contributed by atoms with Gasteiger partial charge in [0.15, 0.2) is 0 Å². The molecule has 56 valence electrons. The average molecular weight is 229 g/mol. The Morgan fingerprint density at radius 3 is 3.00 bits per heavy atom. The second kappa shape index (κ2) is 2.50. The Balaban J connectivity index is 2.86. The van der Waals surface area contributed by atoms with Crippen LogP contribution in [0.4, 0.5) is 0 Å². The molecule has 0 spiro atoms. The molecule has 0 aliphatic rings. The van der Waals surface area contributed by atoms with E-state index in [-0.39, 0.29) is 0 Å². The number of rotatable bonds is 0. The standard InChI is InChI=1S/C8H5BrOS/c9-6-4-8-5(1-2-11-8)3-7(6)10/h1-4,10H. The fraction of sp³-hybridized carbons (Fsp3) is 0. The largest absolute Gasteiger partial charge is 0.507 e. The Bertz CT molecular complexity index is 358. The topological polar surface area (TPSA) is 20.2 Å². The number of phenolic OH excluding ortho intramolecular Hbond substituents is 1. The van der Waals surface area contributed by atoms with E-state index in [1.54, 1.807) is 17.4 Å². The highest BCUT2D eigenvalue weighted by Crippen LogP contribution is 2.31. The maximum Gasteiger partial charge on any atom is 0.130 e. The first-order chi connectivity index (χ1) is 5.27. The lowest BCUT2D eigenvalue weighted by molar-refractivity contribution is 0.473. The van der Waals surface area contributed by atoms with E-state index < -0.39 is 0 Å². The molecule has 0 aliphatic heterocycles. The van der Waals surface area contributed by atoms with Crippen molar-refractivity contribution in [1.82, 2.24) is 0 Å². The zero-order valence-corrected chi connectivity index (χ0v) is 7.95. The van der Waals surface area contributed by atoms with Crippen molar-refractivity contribution in [2.45, 2.75) is 0 Å². The molecule has 0 fully saturated rings. The number of thiophene rings is 1. The highest BCUT2D eigenvalue weighted by Gasteiger charge is 2.00. The Morgan fingerprint density at radius 1 is 1.36 bits per heavy atom. The van der Waals surface area contributed by atoms with Crippen LogP contribution in [0.25, 0.3) is 10.1 Å². The molecule has 1 N–H and O–H groups in total. The van der Waals surface area contributed by atoms with Crippen LogP contribution in [0, 0.1) is 0 Å². The van der Waals surface area contributed by atoms with Gasteiger partial charge in [-0.3, -0.25) is 0 Å². The second-order valence-electron chi connectivity index (χ2n) is 2.26. The van der Waals surface area contributed by atoms with Crippen LogP contribution in [0.15, 0.2) is 28.1 Å². The fourth-order valence-corrected chi connectivity index (χ4v) is 2.28. The smallest absolute Gasteiger partial charge is 0.130 e. The lowest BCUT2D eigenvalue weighted by Crippen LogP contribution is -1.67. The monoisotopic (exact) mass is 228 g/mol. The summed E-state index contributed by atoms with van der Waals surface area (Å²) in [5.74, 6) is 0.302. The van der Waals surface area contributed by atoms with Gasteiger partial charge in [0.1, 0.15) is 5.75 Å². The van der Waals surface area contributed by atoms with E-state index in [0.717, 1.165) is 9.86 Å². The molecule has 0 amide bonds. The highest BCUT2D eigenvalue weighted by atomic mass is 79.9. The van der Waals surface area contributed by atoms with Crippen molar-refractivity contribution >= 4 is 37.4 Å². The predicted octanol–water partition coefficient (Wildman–Crippen LogP) is 3.37. The molecule has 2 rings (SSSR count). The van der Waals surface area contributed by atoms with E-state index in [0.29, 0.717) is 5.75 Å². The summed E-state index contributed by atoms with van der Waals surface area (Å²) in [6, 6.07) is 5.68. The van der Waals surface area contributed by atoms with Gasteiger partial charge in [0.25, 0.3) is 0 Å². The van der Waals surface area contributed by atoms with E-state index in [1.807, 2.05) is 17.5 Å². The minimum Gasteiger partial charge on any atom is -0.507 e. The first-order valence-electron chi connectivity index (χ1n) is 3.13. The van der Waals surface area contributed by atoms with Gasteiger partial charge in [0.2, 0.25) is 0 Å². The van der Waals surface area contributed by atoms with Crippen molar-refractivity contribution in [2.75, 3.05) is 0 Å². The van der Waals surface area contributed by atoms with Gasteiger partial charge in [-0.05, 0) is 44.9 Å². The molecule has 0 bridgehead atoms. The van der Waals surface area contributed by atoms with Gasteiger partial charge in [-0.25, -0.2) is 0 Å². The van der Waals surface area contributed by atoms with Crippen LogP contribution in [-0.4, -0.2) is 5.11 Å². The highest BCUT2D eigenvalue weighted by molar-refractivity contribution is 9.10. The van der Waals surface area contributed by atoms with Gasteiger partial charge in [-0.15, -0.1) is 11.3 Å². The summed E-state index contributed by atoms with van der Waals surface area (Å²) < 4.78 is 1.95. The van der Waals surface area contributed by atoms with Crippen LogP contribution >= 0.6 is 27.3 Å². The quantitative estimate of drug-likeness (QED) is 0.734. The van der Waals surface area contributed by atoms with E-state index in [9.17, 15) is 5.11 Å². The van der Waals surface area contributed by atoms with Crippen LogP contribution in [0.2, 0.25) is 0 Å². The Labute approximate surface area is 76.4 Å². The van der Waals surface area contributed by atoms with Crippen LogP contribution in [0.3, 0.4) is 0 Å². The summed E-state index contributed by atoms with van der Waals surface area (Å²) in [5, 5.41) is 12.4. The lowest BCUT2D eigenvalue weighted by atomic mass is 10.2. The van der Waals surface area contributed by atoms with Crippen molar-refractivity contribution in [3.8, 4) is 5.75 Å². The zero-order chi connectivity index (χ0) is 7.84. The SMILES string of the molecule is Oc1cc2ccsc2cc1Br. The summed E-state index contributed by atoms with van der Waals surface area (Å²) >= 11 is 4.93. The maximum atomic E-state index is 9.29. The van der Waals surface area contributed by atoms with Gasteiger partial charge >= 0.3 is 0 Å². The van der Waals surface area contributed by atoms with E-state index in [2.05, 4.69) is 15.9 Å². The summed E-state index contributed by atoms with van der Waals surface area (Å²) in [6.07, 6.45) is 0. The van der Waals surface area contributed by atoms with Crippen molar-refractivity contribution < 1.29 is 5.11 Å². The first-order valence-corrected chi connectivity index (χ1v) is 4.80. The number of fused-ring (bicyclic) bond motifs is 1. The fourth-order valence-electron chi connectivity index (χ4n) is 0.973. The molecule has 1 aromatic carbocycles. The molecule has 11 heavy (non-hydrogen) atoms. The number of hydrogen-bond donors (Lipinski definition) is 1. The first kappa shape index (κ1) is 7.13. The molecule has 3 heteroatoms. The molecule has 1 heterocycles. The van der Waals surface area contributed by atoms with Gasteiger partial charge < -0.3 is 5.11 Å². The molecule has 1 aromatic heterocycles. The van der Waals surface area contributed by atoms with Crippen molar-refractivity contribution in [3.63, 3.8) is 0 Å².